The van der Waals surface area contributed by atoms with Crippen LogP contribution in [0.1, 0.15) is 66.9 Å². The maximum Gasteiger partial charge on any atom is 0.257 e. The van der Waals surface area contributed by atoms with Crippen LogP contribution < -0.4 is 5.32 Å². The highest BCUT2D eigenvalue weighted by molar-refractivity contribution is 7.15. The van der Waals surface area contributed by atoms with Crippen LogP contribution in [-0.4, -0.2) is 51.5 Å². The Morgan fingerprint density at radius 1 is 1.40 bits per heavy atom. The average Bonchev–Trinajstić information content (AvgIpc) is 3.24. The van der Waals surface area contributed by atoms with Gasteiger partial charge in [0.25, 0.3) is 5.91 Å². The summed E-state index contributed by atoms with van der Waals surface area (Å²) in [6, 6.07) is 5.41. The van der Waals surface area contributed by atoms with Crippen molar-refractivity contribution in [3.05, 3.63) is 40.7 Å². The summed E-state index contributed by atoms with van der Waals surface area (Å²) < 4.78 is 0. The highest BCUT2D eigenvalue weighted by Crippen LogP contribution is 2.57. The lowest BCUT2D eigenvalue weighted by molar-refractivity contribution is -0.143. The maximum atomic E-state index is 13.0. The van der Waals surface area contributed by atoms with Crippen LogP contribution in [0.3, 0.4) is 0 Å². The van der Waals surface area contributed by atoms with E-state index in [9.17, 15) is 14.7 Å². The van der Waals surface area contributed by atoms with E-state index >= 15 is 0 Å². The van der Waals surface area contributed by atoms with E-state index in [2.05, 4.69) is 30.2 Å². The first-order valence-corrected chi connectivity index (χ1v) is 13.0. The summed E-state index contributed by atoms with van der Waals surface area (Å²) in [5, 5.41) is 23.9. The van der Waals surface area contributed by atoms with Gasteiger partial charge in [-0.2, -0.15) is 5.26 Å². The Hall–Kier alpha value is -2.83. The van der Waals surface area contributed by atoms with Crippen molar-refractivity contribution in [2.75, 3.05) is 18.9 Å². The molecule has 2 aliphatic carbocycles. The third-order valence-corrected chi connectivity index (χ3v) is 9.04. The molecule has 0 radical (unpaired) electrons. The lowest BCUT2D eigenvalue weighted by Gasteiger charge is -2.53. The van der Waals surface area contributed by atoms with Crippen LogP contribution in [0, 0.1) is 34.5 Å². The Bertz CT molecular complexity index is 1130. The van der Waals surface area contributed by atoms with Gasteiger partial charge in [-0.3, -0.25) is 19.9 Å². The Kier molecular flexibility index (Phi) is 7.25. The molecule has 2 heterocycles. The Morgan fingerprint density at radius 2 is 2.11 bits per heavy atom. The molecule has 9 heteroatoms. The van der Waals surface area contributed by atoms with E-state index in [1.54, 1.807) is 36.5 Å². The monoisotopic (exact) mass is 495 g/mol. The first kappa shape index (κ1) is 25.3. The topological polar surface area (TPSA) is 119 Å². The maximum absolute atomic E-state index is 13.0. The van der Waals surface area contributed by atoms with Gasteiger partial charge in [0.05, 0.1) is 24.3 Å². The number of hydrogen-bond donors (Lipinski definition) is 2. The van der Waals surface area contributed by atoms with E-state index in [-0.39, 0.29) is 40.9 Å². The number of aromatic nitrogens is 2. The Balaban J connectivity index is 1.52. The zero-order valence-corrected chi connectivity index (χ0v) is 21.5. The molecule has 0 aromatic carbocycles. The molecule has 2 amide bonds. The minimum Gasteiger partial charge on any atom is -0.392 e. The van der Waals surface area contributed by atoms with Crippen molar-refractivity contribution in [1.29, 1.82) is 5.26 Å². The zero-order chi connectivity index (χ0) is 25.3. The second kappa shape index (κ2) is 10.0. The van der Waals surface area contributed by atoms with Gasteiger partial charge in [-0.1, -0.05) is 20.8 Å². The minimum absolute atomic E-state index is 0.00278. The number of nitrogens with one attached hydrogen (secondary N) is 1. The van der Waals surface area contributed by atoms with E-state index in [0.29, 0.717) is 23.7 Å². The standard InChI is InChI=1S/C26H33N5O3S/c1-15(24(34)31(4)13-5-10-27)18-6-9-26(3)14-19-21(16(2)20(26)22(18)32)29-25(35-19)30-23(33)17-7-11-28-12-8-17/h7-8,11-12,15-16,18,20,22,32H,5-6,9,13-14H2,1-4H3,(H,29,30,33)/t15-,16+,18+,20+,22-,26+/m0/s1. The van der Waals surface area contributed by atoms with Crippen molar-refractivity contribution in [1.82, 2.24) is 14.9 Å². The molecule has 2 N–H and O–H groups in total. The van der Waals surface area contributed by atoms with Gasteiger partial charge in [0.2, 0.25) is 5.91 Å². The molecule has 2 aliphatic rings. The number of nitrogens with zero attached hydrogens (tertiary/aromatic N) is 4. The number of fused-ring (bicyclic) bond motifs is 2. The van der Waals surface area contributed by atoms with Crippen LogP contribution in [0.25, 0.3) is 0 Å². The molecule has 2 aromatic rings. The van der Waals surface area contributed by atoms with Crippen molar-refractivity contribution < 1.29 is 14.7 Å². The number of thiazole rings is 1. The van der Waals surface area contributed by atoms with Gasteiger partial charge in [-0.05, 0) is 48.6 Å². The van der Waals surface area contributed by atoms with Crippen LogP contribution in [0.5, 0.6) is 0 Å². The van der Waals surface area contributed by atoms with Crippen molar-refractivity contribution in [2.24, 2.45) is 23.2 Å². The molecule has 0 bridgehead atoms. The molecular formula is C26H33N5O3S. The molecule has 8 nitrogen and oxygen atoms in total. The molecule has 186 valence electrons. The number of anilines is 1. The van der Waals surface area contributed by atoms with Crippen molar-refractivity contribution in [3.63, 3.8) is 0 Å². The fourth-order valence-corrected chi connectivity index (χ4v) is 7.39. The number of hydrogen-bond acceptors (Lipinski definition) is 7. The molecule has 35 heavy (non-hydrogen) atoms. The van der Waals surface area contributed by atoms with E-state index in [1.807, 2.05) is 6.92 Å². The predicted molar refractivity (Wildman–Crippen MR) is 134 cm³/mol. The van der Waals surface area contributed by atoms with Gasteiger partial charge >= 0.3 is 0 Å². The summed E-state index contributed by atoms with van der Waals surface area (Å²) in [6.07, 6.45) is 5.33. The van der Waals surface area contributed by atoms with Crippen LogP contribution in [0.2, 0.25) is 0 Å². The third-order valence-electron chi connectivity index (χ3n) is 8.05. The summed E-state index contributed by atoms with van der Waals surface area (Å²) in [6.45, 7) is 6.63. The summed E-state index contributed by atoms with van der Waals surface area (Å²) in [5.41, 5.74) is 1.36. The summed E-state index contributed by atoms with van der Waals surface area (Å²) in [5.74, 6) is -0.729. The number of rotatable bonds is 6. The predicted octanol–water partition coefficient (Wildman–Crippen LogP) is 3.85. The fourth-order valence-electron chi connectivity index (χ4n) is 6.13. The minimum atomic E-state index is -0.628. The fraction of sp³-hybridized carbons (Fsp3) is 0.577. The van der Waals surface area contributed by atoms with Crippen LogP contribution in [0.4, 0.5) is 5.13 Å². The molecule has 0 spiro atoms. The lowest BCUT2D eigenvalue weighted by Crippen LogP contribution is -2.53. The highest BCUT2D eigenvalue weighted by Gasteiger charge is 2.54. The number of aliphatic hydroxyl groups excluding tert-OH is 1. The third kappa shape index (κ3) is 4.82. The van der Waals surface area contributed by atoms with Crippen LogP contribution >= 0.6 is 11.3 Å². The quantitative estimate of drug-likeness (QED) is 0.628. The molecule has 6 atom stereocenters. The summed E-state index contributed by atoms with van der Waals surface area (Å²) in [4.78, 5) is 37.1. The van der Waals surface area contributed by atoms with Crippen LogP contribution in [-0.2, 0) is 11.2 Å². The SMILES string of the molecule is C[C@H](C(=O)N(C)CCC#N)[C@H]1CC[C@]2(C)Cc3sc(NC(=O)c4ccncc4)nc3[C@H](C)[C@@H]2[C@H]1O. The summed E-state index contributed by atoms with van der Waals surface area (Å²) in [7, 11) is 1.72. The van der Waals surface area contributed by atoms with E-state index in [1.165, 1.54) is 11.3 Å². The van der Waals surface area contributed by atoms with E-state index in [0.717, 1.165) is 29.8 Å². The number of nitriles is 1. The van der Waals surface area contributed by atoms with Crippen molar-refractivity contribution in [2.45, 2.75) is 58.5 Å². The van der Waals surface area contributed by atoms with Crippen molar-refractivity contribution >= 4 is 28.3 Å². The molecule has 0 unspecified atom stereocenters. The highest BCUT2D eigenvalue weighted by atomic mass is 32.1. The molecule has 0 saturated heterocycles. The normalized spacial score (nSPS) is 28.2. The summed E-state index contributed by atoms with van der Waals surface area (Å²) >= 11 is 1.51. The number of carbonyl (C=O) groups excluding carboxylic acids is 2. The first-order chi connectivity index (χ1) is 16.7. The Morgan fingerprint density at radius 3 is 2.80 bits per heavy atom. The van der Waals surface area contributed by atoms with Gasteiger partial charge < -0.3 is 10.0 Å². The molecule has 1 fully saturated rings. The van der Waals surface area contributed by atoms with E-state index < -0.39 is 6.10 Å². The molecule has 0 aliphatic heterocycles. The smallest absolute Gasteiger partial charge is 0.257 e. The molecule has 2 aromatic heterocycles. The number of amides is 2. The molecular weight excluding hydrogens is 462 g/mol. The number of carbonyl (C=O) groups is 2. The largest absolute Gasteiger partial charge is 0.392 e. The molecule has 4 rings (SSSR count). The van der Waals surface area contributed by atoms with Crippen molar-refractivity contribution in [3.8, 4) is 6.07 Å². The van der Waals surface area contributed by atoms with Gasteiger partial charge in [0, 0.05) is 48.3 Å². The Labute approximate surface area is 210 Å². The van der Waals surface area contributed by atoms with Gasteiger partial charge in [-0.15, -0.1) is 11.3 Å². The number of aliphatic hydroxyl groups is 1. The zero-order valence-electron chi connectivity index (χ0n) is 20.7. The number of pyridine rings is 1. The average molecular weight is 496 g/mol. The van der Waals surface area contributed by atoms with Gasteiger partial charge in [0.1, 0.15) is 0 Å². The second-order valence-corrected chi connectivity index (χ2v) is 11.4. The van der Waals surface area contributed by atoms with Crippen LogP contribution in [0.15, 0.2) is 24.5 Å². The van der Waals surface area contributed by atoms with E-state index in [4.69, 9.17) is 10.2 Å². The first-order valence-electron chi connectivity index (χ1n) is 12.2. The van der Waals surface area contributed by atoms with Gasteiger partial charge in [-0.25, -0.2) is 4.98 Å². The second-order valence-electron chi connectivity index (χ2n) is 10.3. The lowest BCUT2D eigenvalue weighted by atomic mass is 9.53. The van der Waals surface area contributed by atoms with Gasteiger partial charge in [0.15, 0.2) is 5.13 Å². The molecule has 1 saturated carbocycles.